The van der Waals surface area contributed by atoms with Crippen LogP contribution in [0, 0.1) is 12.7 Å². The SMILES string of the molecule is COc1cc(CNCCc2ccc(F)cc2)ccc1OCc1cccc(C)c1. The average Bonchev–Trinajstić information content (AvgIpc) is 2.71. The number of nitrogens with one attached hydrogen (secondary N) is 1. The minimum absolute atomic E-state index is 0.200. The van der Waals surface area contributed by atoms with Crippen molar-refractivity contribution >= 4 is 0 Å². The molecule has 3 aromatic carbocycles. The third kappa shape index (κ3) is 5.83. The van der Waals surface area contributed by atoms with Crippen molar-refractivity contribution in [2.75, 3.05) is 13.7 Å². The molecule has 4 heteroatoms. The maximum Gasteiger partial charge on any atom is 0.161 e. The van der Waals surface area contributed by atoms with Crippen LogP contribution in [-0.4, -0.2) is 13.7 Å². The van der Waals surface area contributed by atoms with Crippen molar-refractivity contribution in [2.45, 2.75) is 26.5 Å². The third-order valence-corrected chi connectivity index (χ3v) is 4.54. The van der Waals surface area contributed by atoms with E-state index in [2.05, 4.69) is 30.4 Å². The molecule has 3 aromatic rings. The number of halogens is 1. The molecule has 0 saturated carbocycles. The topological polar surface area (TPSA) is 30.5 Å². The van der Waals surface area contributed by atoms with Crippen LogP contribution in [-0.2, 0) is 19.6 Å². The molecule has 0 fully saturated rings. The minimum Gasteiger partial charge on any atom is -0.493 e. The van der Waals surface area contributed by atoms with Gasteiger partial charge in [-0.25, -0.2) is 4.39 Å². The van der Waals surface area contributed by atoms with Crippen molar-refractivity contribution in [3.05, 3.63) is 94.8 Å². The first kappa shape index (κ1) is 19.9. The summed E-state index contributed by atoms with van der Waals surface area (Å²) in [5.41, 5.74) is 4.59. The number of hydrogen-bond donors (Lipinski definition) is 1. The second-order valence-corrected chi connectivity index (χ2v) is 6.82. The fraction of sp³-hybridized carbons (Fsp3) is 0.250. The van der Waals surface area contributed by atoms with Gasteiger partial charge in [-0.3, -0.25) is 0 Å². The Bertz CT molecular complexity index is 893. The zero-order chi connectivity index (χ0) is 19.8. The van der Waals surface area contributed by atoms with Gasteiger partial charge in [0.05, 0.1) is 7.11 Å². The zero-order valence-electron chi connectivity index (χ0n) is 16.4. The lowest BCUT2D eigenvalue weighted by Gasteiger charge is -2.13. The van der Waals surface area contributed by atoms with Gasteiger partial charge in [-0.05, 0) is 60.8 Å². The summed E-state index contributed by atoms with van der Waals surface area (Å²) in [6.45, 7) is 4.13. The predicted molar refractivity (Wildman–Crippen MR) is 110 cm³/mol. The van der Waals surface area contributed by atoms with E-state index < -0.39 is 0 Å². The average molecular weight is 379 g/mol. The molecule has 28 heavy (non-hydrogen) atoms. The zero-order valence-corrected chi connectivity index (χ0v) is 16.4. The summed E-state index contributed by atoms with van der Waals surface area (Å²) in [4.78, 5) is 0. The molecule has 3 rings (SSSR count). The molecule has 0 aliphatic rings. The first-order valence-electron chi connectivity index (χ1n) is 9.44. The van der Waals surface area contributed by atoms with E-state index in [4.69, 9.17) is 9.47 Å². The fourth-order valence-corrected chi connectivity index (χ4v) is 3.02. The van der Waals surface area contributed by atoms with Gasteiger partial charge in [0.2, 0.25) is 0 Å². The summed E-state index contributed by atoms with van der Waals surface area (Å²) in [6, 6.07) is 20.9. The molecule has 0 aromatic heterocycles. The van der Waals surface area contributed by atoms with Crippen molar-refractivity contribution in [3.8, 4) is 11.5 Å². The highest BCUT2D eigenvalue weighted by molar-refractivity contribution is 5.43. The molecule has 0 heterocycles. The number of ether oxygens (including phenoxy) is 2. The summed E-state index contributed by atoms with van der Waals surface area (Å²) in [7, 11) is 1.65. The standard InChI is InChI=1S/C24H26FNO2/c1-18-4-3-5-21(14-18)17-28-23-11-8-20(15-24(23)27-2)16-26-13-12-19-6-9-22(25)10-7-19/h3-11,14-15,26H,12-13,16-17H2,1-2H3. The van der Waals surface area contributed by atoms with Gasteiger partial charge in [0.15, 0.2) is 11.5 Å². The van der Waals surface area contributed by atoms with E-state index >= 15 is 0 Å². The highest BCUT2D eigenvalue weighted by atomic mass is 19.1. The Morgan fingerprint density at radius 3 is 2.39 bits per heavy atom. The highest BCUT2D eigenvalue weighted by Gasteiger charge is 2.07. The van der Waals surface area contributed by atoms with Crippen molar-refractivity contribution in [2.24, 2.45) is 0 Å². The van der Waals surface area contributed by atoms with Crippen LogP contribution in [0.1, 0.15) is 22.3 Å². The first-order valence-corrected chi connectivity index (χ1v) is 9.44. The van der Waals surface area contributed by atoms with Crippen LogP contribution in [0.15, 0.2) is 66.7 Å². The minimum atomic E-state index is -0.200. The van der Waals surface area contributed by atoms with E-state index in [0.29, 0.717) is 6.61 Å². The number of rotatable bonds is 9. The van der Waals surface area contributed by atoms with E-state index in [-0.39, 0.29) is 5.82 Å². The lowest BCUT2D eigenvalue weighted by Crippen LogP contribution is -2.16. The summed E-state index contributed by atoms with van der Waals surface area (Å²) in [6.07, 6.45) is 0.856. The molecular weight excluding hydrogens is 353 g/mol. The van der Waals surface area contributed by atoms with Crippen LogP contribution < -0.4 is 14.8 Å². The van der Waals surface area contributed by atoms with Crippen LogP contribution in [0.5, 0.6) is 11.5 Å². The molecule has 0 saturated heterocycles. The van der Waals surface area contributed by atoms with Gasteiger partial charge in [0.25, 0.3) is 0 Å². The molecular formula is C24H26FNO2. The lowest BCUT2D eigenvalue weighted by atomic mass is 10.1. The van der Waals surface area contributed by atoms with Crippen LogP contribution in [0.2, 0.25) is 0 Å². The van der Waals surface area contributed by atoms with Crippen LogP contribution >= 0.6 is 0 Å². The molecule has 0 atom stereocenters. The Morgan fingerprint density at radius 1 is 0.857 bits per heavy atom. The number of aryl methyl sites for hydroxylation is 1. The van der Waals surface area contributed by atoms with Gasteiger partial charge in [0, 0.05) is 6.54 Å². The van der Waals surface area contributed by atoms with Crippen molar-refractivity contribution in [3.63, 3.8) is 0 Å². The van der Waals surface area contributed by atoms with Crippen molar-refractivity contribution < 1.29 is 13.9 Å². The summed E-state index contributed by atoms with van der Waals surface area (Å²) in [5.74, 6) is 1.26. The molecule has 146 valence electrons. The van der Waals surface area contributed by atoms with Gasteiger partial charge in [-0.1, -0.05) is 48.0 Å². The second kappa shape index (κ2) is 9.90. The number of benzene rings is 3. The van der Waals surface area contributed by atoms with Gasteiger partial charge >= 0.3 is 0 Å². The Balaban J connectivity index is 1.51. The number of methoxy groups -OCH3 is 1. The van der Waals surface area contributed by atoms with Gasteiger partial charge < -0.3 is 14.8 Å². The van der Waals surface area contributed by atoms with Crippen LogP contribution in [0.25, 0.3) is 0 Å². The Morgan fingerprint density at radius 2 is 1.64 bits per heavy atom. The van der Waals surface area contributed by atoms with E-state index in [1.165, 1.54) is 17.7 Å². The van der Waals surface area contributed by atoms with E-state index in [1.807, 2.05) is 36.4 Å². The normalized spacial score (nSPS) is 10.7. The van der Waals surface area contributed by atoms with Crippen molar-refractivity contribution in [1.82, 2.24) is 5.32 Å². The summed E-state index contributed by atoms with van der Waals surface area (Å²) in [5, 5.41) is 3.41. The Hall–Kier alpha value is -2.85. The molecule has 0 unspecified atom stereocenters. The molecule has 1 N–H and O–H groups in total. The molecule has 0 amide bonds. The monoisotopic (exact) mass is 379 g/mol. The van der Waals surface area contributed by atoms with E-state index in [0.717, 1.165) is 47.7 Å². The maximum atomic E-state index is 12.9. The van der Waals surface area contributed by atoms with Crippen LogP contribution in [0.4, 0.5) is 4.39 Å². The molecule has 0 radical (unpaired) electrons. The van der Waals surface area contributed by atoms with Gasteiger partial charge in [-0.2, -0.15) is 0 Å². The fourth-order valence-electron chi connectivity index (χ4n) is 3.02. The predicted octanol–water partition coefficient (Wildman–Crippen LogP) is 5.05. The molecule has 0 aliphatic heterocycles. The molecule has 0 aliphatic carbocycles. The Kier molecular flexibility index (Phi) is 7.04. The van der Waals surface area contributed by atoms with E-state index in [1.54, 1.807) is 7.11 Å². The van der Waals surface area contributed by atoms with Crippen LogP contribution in [0.3, 0.4) is 0 Å². The highest BCUT2D eigenvalue weighted by Crippen LogP contribution is 2.29. The first-order chi connectivity index (χ1) is 13.6. The molecule has 0 bridgehead atoms. The van der Waals surface area contributed by atoms with Gasteiger partial charge in [0.1, 0.15) is 12.4 Å². The molecule has 0 spiro atoms. The largest absolute Gasteiger partial charge is 0.493 e. The third-order valence-electron chi connectivity index (χ3n) is 4.54. The number of hydrogen-bond acceptors (Lipinski definition) is 3. The summed E-state index contributed by atoms with van der Waals surface area (Å²) < 4.78 is 24.4. The molecule has 3 nitrogen and oxygen atoms in total. The lowest BCUT2D eigenvalue weighted by molar-refractivity contribution is 0.284. The van der Waals surface area contributed by atoms with E-state index in [9.17, 15) is 4.39 Å². The summed E-state index contributed by atoms with van der Waals surface area (Å²) >= 11 is 0. The Labute approximate surface area is 166 Å². The maximum absolute atomic E-state index is 12.9. The quantitative estimate of drug-likeness (QED) is 0.528. The second-order valence-electron chi connectivity index (χ2n) is 6.82. The van der Waals surface area contributed by atoms with Crippen molar-refractivity contribution in [1.29, 1.82) is 0 Å². The van der Waals surface area contributed by atoms with Gasteiger partial charge in [-0.15, -0.1) is 0 Å². The smallest absolute Gasteiger partial charge is 0.161 e.